The molecule has 0 aliphatic carbocycles. The van der Waals surface area contributed by atoms with Crippen LogP contribution >= 0.6 is 0 Å². The SMILES string of the molecule is Cn1ccnc1C1CC(N)CCO1. The summed E-state index contributed by atoms with van der Waals surface area (Å²) >= 11 is 0. The van der Waals surface area contributed by atoms with Gasteiger partial charge in [0.15, 0.2) is 0 Å². The molecule has 1 aliphatic heterocycles. The van der Waals surface area contributed by atoms with Crippen molar-refractivity contribution in [2.45, 2.75) is 25.0 Å². The van der Waals surface area contributed by atoms with Crippen molar-refractivity contribution in [1.82, 2.24) is 9.55 Å². The number of hydrogen-bond acceptors (Lipinski definition) is 3. The van der Waals surface area contributed by atoms with Crippen molar-refractivity contribution in [3.63, 3.8) is 0 Å². The predicted octanol–water partition coefficient (Wildman–Crippen LogP) is 0.599. The summed E-state index contributed by atoms with van der Waals surface area (Å²) in [6, 6.07) is 0.260. The van der Waals surface area contributed by atoms with Crippen LogP contribution in [0, 0.1) is 0 Å². The molecule has 0 amide bonds. The van der Waals surface area contributed by atoms with Gasteiger partial charge < -0.3 is 15.0 Å². The van der Waals surface area contributed by atoms with Gasteiger partial charge >= 0.3 is 0 Å². The molecule has 0 aromatic carbocycles. The molecule has 1 aliphatic rings. The van der Waals surface area contributed by atoms with Crippen LogP contribution in [0.25, 0.3) is 0 Å². The normalized spacial score (nSPS) is 29.1. The zero-order valence-electron chi connectivity index (χ0n) is 7.81. The van der Waals surface area contributed by atoms with Crippen LogP contribution in [0.3, 0.4) is 0 Å². The maximum Gasteiger partial charge on any atom is 0.137 e. The van der Waals surface area contributed by atoms with E-state index < -0.39 is 0 Å². The lowest BCUT2D eigenvalue weighted by Crippen LogP contribution is -2.31. The minimum atomic E-state index is 0.0868. The molecule has 72 valence electrons. The van der Waals surface area contributed by atoms with Gasteiger partial charge in [0.1, 0.15) is 11.9 Å². The van der Waals surface area contributed by atoms with Crippen LogP contribution in [0.2, 0.25) is 0 Å². The van der Waals surface area contributed by atoms with Crippen molar-refractivity contribution in [3.8, 4) is 0 Å². The second-order valence-corrected chi connectivity index (χ2v) is 3.54. The van der Waals surface area contributed by atoms with Crippen LogP contribution in [-0.2, 0) is 11.8 Å². The van der Waals surface area contributed by atoms with E-state index in [2.05, 4.69) is 4.98 Å². The lowest BCUT2D eigenvalue weighted by molar-refractivity contribution is -0.000116. The highest BCUT2D eigenvalue weighted by Gasteiger charge is 2.23. The Hall–Kier alpha value is -0.870. The van der Waals surface area contributed by atoms with Gasteiger partial charge in [0.05, 0.1) is 0 Å². The van der Waals surface area contributed by atoms with E-state index in [9.17, 15) is 0 Å². The Morgan fingerprint density at radius 1 is 1.69 bits per heavy atom. The third kappa shape index (κ3) is 1.73. The van der Waals surface area contributed by atoms with Gasteiger partial charge in [0.25, 0.3) is 0 Å². The summed E-state index contributed by atoms with van der Waals surface area (Å²) in [7, 11) is 1.98. The largest absolute Gasteiger partial charge is 0.370 e. The van der Waals surface area contributed by atoms with Crippen molar-refractivity contribution >= 4 is 0 Å². The van der Waals surface area contributed by atoms with Crippen molar-refractivity contribution in [3.05, 3.63) is 18.2 Å². The van der Waals surface area contributed by atoms with Gasteiger partial charge in [-0.3, -0.25) is 0 Å². The average Bonchev–Trinajstić information content (AvgIpc) is 2.51. The molecule has 4 heteroatoms. The second-order valence-electron chi connectivity index (χ2n) is 3.54. The highest BCUT2D eigenvalue weighted by atomic mass is 16.5. The molecule has 1 fully saturated rings. The molecular formula is C9H15N3O. The van der Waals surface area contributed by atoms with Crippen LogP contribution in [-0.4, -0.2) is 22.2 Å². The van der Waals surface area contributed by atoms with Gasteiger partial charge in [-0.1, -0.05) is 0 Å². The van der Waals surface area contributed by atoms with Crippen molar-refractivity contribution in [2.24, 2.45) is 12.8 Å². The number of imidazole rings is 1. The fourth-order valence-corrected chi connectivity index (χ4v) is 1.69. The fraction of sp³-hybridized carbons (Fsp3) is 0.667. The number of nitrogens with zero attached hydrogens (tertiary/aromatic N) is 2. The third-order valence-electron chi connectivity index (χ3n) is 2.47. The Bertz CT molecular complexity index is 284. The lowest BCUT2D eigenvalue weighted by Gasteiger charge is -2.26. The van der Waals surface area contributed by atoms with E-state index in [1.165, 1.54) is 0 Å². The molecule has 0 radical (unpaired) electrons. The average molecular weight is 181 g/mol. The van der Waals surface area contributed by atoms with Crippen LogP contribution in [0.1, 0.15) is 24.8 Å². The Morgan fingerprint density at radius 2 is 2.54 bits per heavy atom. The minimum absolute atomic E-state index is 0.0868. The molecule has 2 N–H and O–H groups in total. The first-order valence-corrected chi connectivity index (χ1v) is 4.62. The molecule has 4 nitrogen and oxygen atoms in total. The summed E-state index contributed by atoms with van der Waals surface area (Å²) in [5, 5.41) is 0. The molecule has 2 rings (SSSR count). The molecule has 0 saturated carbocycles. The summed E-state index contributed by atoms with van der Waals surface area (Å²) in [5.74, 6) is 0.982. The number of hydrogen-bond donors (Lipinski definition) is 1. The first kappa shape index (κ1) is 8.72. The zero-order chi connectivity index (χ0) is 9.26. The van der Waals surface area contributed by atoms with E-state index in [1.807, 2.05) is 17.8 Å². The molecule has 1 saturated heterocycles. The fourth-order valence-electron chi connectivity index (χ4n) is 1.69. The van der Waals surface area contributed by atoms with Gasteiger partial charge in [-0.05, 0) is 12.8 Å². The highest BCUT2D eigenvalue weighted by Crippen LogP contribution is 2.25. The smallest absolute Gasteiger partial charge is 0.137 e. The van der Waals surface area contributed by atoms with Crippen molar-refractivity contribution < 1.29 is 4.74 Å². The van der Waals surface area contributed by atoms with Crippen LogP contribution in [0.4, 0.5) is 0 Å². The summed E-state index contributed by atoms with van der Waals surface area (Å²) in [5.41, 5.74) is 5.86. The van der Waals surface area contributed by atoms with Gasteiger partial charge in [-0.2, -0.15) is 0 Å². The Kier molecular flexibility index (Phi) is 2.33. The van der Waals surface area contributed by atoms with Gasteiger partial charge in [0, 0.05) is 32.1 Å². The Balaban J connectivity index is 2.12. The van der Waals surface area contributed by atoms with E-state index >= 15 is 0 Å². The first-order valence-electron chi connectivity index (χ1n) is 4.62. The van der Waals surface area contributed by atoms with Gasteiger partial charge in [0.2, 0.25) is 0 Å². The second kappa shape index (κ2) is 3.47. The maximum atomic E-state index is 5.86. The summed E-state index contributed by atoms with van der Waals surface area (Å²) < 4.78 is 7.60. The minimum Gasteiger partial charge on any atom is -0.370 e. The monoisotopic (exact) mass is 181 g/mol. The Morgan fingerprint density at radius 3 is 3.15 bits per heavy atom. The van der Waals surface area contributed by atoms with E-state index in [0.717, 1.165) is 25.3 Å². The third-order valence-corrected chi connectivity index (χ3v) is 2.47. The number of rotatable bonds is 1. The molecule has 0 bridgehead atoms. The number of aromatic nitrogens is 2. The summed E-state index contributed by atoms with van der Waals surface area (Å²) in [6.07, 6.45) is 5.65. The Labute approximate surface area is 77.7 Å². The van der Waals surface area contributed by atoms with Gasteiger partial charge in [-0.25, -0.2) is 4.98 Å². The van der Waals surface area contributed by atoms with Crippen LogP contribution < -0.4 is 5.73 Å². The molecule has 1 aromatic heterocycles. The molecule has 2 unspecified atom stereocenters. The molecule has 2 atom stereocenters. The van der Waals surface area contributed by atoms with Crippen molar-refractivity contribution in [1.29, 1.82) is 0 Å². The number of nitrogens with two attached hydrogens (primary N) is 1. The topological polar surface area (TPSA) is 53.1 Å². The van der Waals surface area contributed by atoms with E-state index in [0.29, 0.717) is 0 Å². The highest BCUT2D eigenvalue weighted by molar-refractivity contribution is 4.98. The number of aryl methyl sites for hydroxylation is 1. The standard InChI is InChI=1S/C9H15N3O/c1-12-4-3-11-9(12)8-6-7(10)2-5-13-8/h3-4,7-8H,2,5-6,10H2,1H3. The molecule has 13 heavy (non-hydrogen) atoms. The van der Waals surface area contributed by atoms with E-state index in [-0.39, 0.29) is 12.1 Å². The quantitative estimate of drug-likeness (QED) is 0.690. The lowest BCUT2D eigenvalue weighted by atomic mass is 10.0. The summed E-state index contributed by atoms with van der Waals surface area (Å²) in [4.78, 5) is 4.26. The van der Waals surface area contributed by atoms with Crippen LogP contribution in [0.15, 0.2) is 12.4 Å². The molecule has 1 aromatic rings. The predicted molar refractivity (Wildman–Crippen MR) is 49.1 cm³/mol. The van der Waals surface area contributed by atoms with E-state index in [1.54, 1.807) is 6.20 Å². The van der Waals surface area contributed by atoms with Gasteiger partial charge in [-0.15, -0.1) is 0 Å². The van der Waals surface area contributed by atoms with Crippen LogP contribution in [0.5, 0.6) is 0 Å². The molecule has 0 spiro atoms. The summed E-state index contributed by atoms with van der Waals surface area (Å²) in [6.45, 7) is 0.749. The van der Waals surface area contributed by atoms with E-state index in [4.69, 9.17) is 10.5 Å². The maximum absolute atomic E-state index is 5.86. The first-order chi connectivity index (χ1) is 6.27. The number of ether oxygens (including phenoxy) is 1. The molecule has 2 heterocycles. The molecular weight excluding hydrogens is 166 g/mol. The van der Waals surface area contributed by atoms with Crippen molar-refractivity contribution in [2.75, 3.05) is 6.61 Å². The zero-order valence-corrected chi connectivity index (χ0v) is 7.81.